The normalized spacial score (nSPS) is 16.8. The van der Waals surface area contributed by atoms with Crippen molar-refractivity contribution < 1.29 is 67.9 Å². The van der Waals surface area contributed by atoms with E-state index in [0.717, 1.165) is 0 Å². The lowest BCUT2D eigenvalue weighted by Crippen LogP contribution is -2.30. The first-order chi connectivity index (χ1) is 28.5. The lowest BCUT2D eigenvalue weighted by molar-refractivity contribution is -0.166. The van der Waals surface area contributed by atoms with Crippen molar-refractivity contribution in [3.05, 3.63) is 124 Å². The highest BCUT2D eigenvalue weighted by atomic mass is 19.4. The van der Waals surface area contributed by atoms with Crippen LogP contribution in [-0.2, 0) is 51.0 Å². The van der Waals surface area contributed by atoms with Crippen LogP contribution in [0, 0.1) is 0 Å². The number of hydrogen-bond donors (Lipinski definition) is 0. The van der Waals surface area contributed by atoms with E-state index < -0.39 is 35.5 Å². The molecule has 0 bridgehead atoms. The maximum atomic E-state index is 13.4. The quantitative estimate of drug-likeness (QED) is 0.0606. The molecule has 3 heterocycles. The molecule has 3 aliphatic rings. The molecule has 3 aliphatic heterocycles. The Labute approximate surface area is 335 Å². The molecule has 60 heavy (non-hydrogen) atoms. The van der Waals surface area contributed by atoms with E-state index in [0.29, 0.717) is 16.7 Å². The van der Waals surface area contributed by atoms with Gasteiger partial charge in [-0.3, -0.25) is 0 Å². The maximum Gasteiger partial charge on any atom is 0.442 e. The molecule has 0 unspecified atom stereocenters. The fraction of sp³-hybridized carbons (Fsp3) is 0.385. The average molecular weight is 853 g/mol. The zero-order valence-electron chi connectivity index (χ0n) is 31.1. The third-order valence-electron chi connectivity index (χ3n) is 9.20. The first kappa shape index (κ1) is 42.5. The number of hydrogen-bond acceptors (Lipinski definition) is 12. The van der Waals surface area contributed by atoms with Crippen molar-refractivity contribution in [2.75, 3.05) is 39.6 Å². The first-order valence-corrected chi connectivity index (χ1v) is 18.1. The Morgan fingerprint density at radius 1 is 0.367 bits per heavy atom. The SMILES string of the molecule is FC(F)(F)C1(c2cccc(OCCOCc3cc(COCCOc4cccc(C5(C(F)(F)F)N=N5)c4)cc(COCCOc4cccc(C5(C(F)(F)F)N=N5)c4)c3)c2)N=N1. The molecular weight excluding hydrogens is 819 g/mol. The van der Waals surface area contributed by atoms with Crippen molar-refractivity contribution in [2.45, 2.75) is 55.3 Å². The lowest BCUT2D eigenvalue weighted by Gasteiger charge is -2.16. The Bertz CT molecular complexity index is 1970. The highest BCUT2D eigenvalue weighted by Gasteiger charge is 2.67. The summed E-state index contributed by atoms with van der Waals surface area (Å²) in [6.07, 6.45) is -14.0. The van der Waals surface area contributed by atoms with E-state index in [1.807, 2.05) is 18.2 Å². The van der Waals surface area contributed by atoms with Gasteiger partial charge in [-0.1, -0.05) is 54.6 Å². The molecule has 0 spiro atoms. The van der Waals surface area contributed by atoms with E-state index >= 15 is 0 Å². The summed E-state index contributed by atoms with van der Waals surface area (Å²) in [7, 11) is 0. The van der Waals surface area contributed by atoms with Crippen LogP contribution in [0.2, 0.25) is 0 Å². The molecular formula is C39H33F9N6O6. The minimum absolute atomic E-state index is 0.0167. The smallest absolute Gasteiger partial charge is 0.442 e. The fourth-order valence-corrected chi connectivity index (χ4v) is 6.05. The van der Waals surface area contributed by atoms with Crippen molar-refractivity contribution in [3.63, 3.8) is 0 Å². The van der Waals surface area contributed by atoms with Crippen LogP contribution in [-0.4, -0.2) is 58.2 Å². The summed E-state index contributed by atoms with van der Waals surface area (Å²) in [5.74, 6) is 0.548. The molecule has 12 nitrogen and oxygen atoms in total. The van der Waals surface area contributed by atoms with Crippen LogP contribution in [0.15, 0.2) is 122 Å². The van der Waals surface area contributed by atoms with Gasteiger partial charge in [0.25, 0.3) is 0 Å². The van der Waals surface area contributed by atoms with Crippen LogP contribution >= 0.6 is 0 Å². The number of halogens is 9. The van der Waals surface area contributed by atoms with Crippen LogP contribution in [0.25, 0.3) is 0 Å². The summed E-state index contributed by atoms with van der Waals surface area (Å²) >= 11 is 0. The Morgan fingerprint density at radius 2 is 0.633 bits per heavy atom. The van der Waals surface area contributed by atoms with Gasteiger partial charge in [-0.25, -0.2) is 0 Å². The van der Waals surface area contributed by atoms with Gasteiger partial charge in [0.1, 0.15) is 37.1 Å². The van der Waals surface area contributed by atoms with Crippen LogP contribution in [0.5, 0.6) is 17.2 Å². The third-order valence-corrected chi connectivity index (χ3v) is 9.20. The van der Waals surface area contributed by atoms with E-state index in [2.05, 4.69) is 30.7 Å². The van der Waals surface area contributed by atoms with E-state index in [1.54, 1.807) is 0 Å². The molecule has 7 rings (SSSR count). The van der Waals surface area contributed by atoms with E-state index in [9.17, 15) is 39.5 Å². The summed E-state index contributed by atoms with van der Waals surface area (Å²) < 4.78 is 155. The van der Waals surface area contributed by atoms with Gasteiger partial charge in [-0.2, -0.15) is 39.5 Å². The molecule has 0 amide bonds. The van der Waals surface area contributed by atoms with Crippen LogP contribution in [0.4, 0.5) is 39.5 Å². The largest absolute Gasteiger partial charge is 0.491 e. The minimum Gasteiger partial charge on any atom is -0.491 e. The monoisotopic (exact) mass is 852 g/mol. The van der Waals surface area contributed by atoms with Gasteiger partial charge in [-0.05, 0) is 53.1 Å². The second-order valence-electron chi connectivity index (χ2n) is 13.6. The molecule has 0 aromatic heterocycles. The van der Waals surface area contributed by atoms with Gasteiger partial charge >= 0.3 is 35.5 Å². The number of nitrogens with zero attached hydrogens (tertiary/aromatic N) is 6. The number of alkyl halides is 9. The number of benzene rings is 4. The zero-order chi connectivity index (χ0) is 42.7. The molecule has 0 fully saturated rings. The van der Waals surface area contributed by atoms with Gasteiger partial charge < -0.3 is 28.4 Å². The van der Waals surface area contributed by atoms with Gasteiger partial charge in [-0.15, -0.1) is 30.7 Å². The van der Waals surface area contributed by atoms with Crippen molar-refractivity contribution in [1.29, 1.82) is 0 Å². The third kappa shape index (κ3) is 9.52. The van der Waals surface area contributed by atoms with Crippen molar-refractivity contribution >= 4 is 0 Å². The number of ether oxygens (including phenoxy) is 6. The molecule has 0 aliphatic carbocycles. The molecule has 0 radical (unpaired) electrons. The number of rotatable bonds is 21. The van der Waals surface area contributed by atoms with Gasteiger partial charge in [0.05, 0.1) is 39.6 Å². The average Bonchev–Trinajstić information content (AvgIpc) is 4.05. The minimum atomic E-state index is -4.68. The maximum absolute atomic E-state index is 13.4. The Balaban J connectivity index is 0.906. The lowest BCUT2D eigenvalue weighted by atomic mass is 10.0. The molecule has 21 heteroatoms. The summed E-state index contributed by atoms with van der Waals surface area (Å²) in [5.41, 5.74) is -6.07. The Hall–Kier alpha value is -5.67. The van der Waals surface area contributed by atoms with Crippen molar-refractivity contribution in [3.8, 4) is 17.2 Å². The van der Waals surface area contributed by atoms with E-state index in [-0.39, 0.29) is 93.4 Å². The van der Waals surface area contributed by atoms with Crippen molar-refractivity contribution in [2.24, 2.45) is 30.7 Å². The second-order valence-corrected chi connectivity index (χ2v) is 13.6. The summed E-state index contributed by atoms with van der Waals surface area (Å²) in [6.45, 7) is 0.591. The second kappa shape index (κ2) is 16.8. The van der Waals surface area contributed by atoms with Crippen molar-refractivity contribution in [1.82, 2.24) is 0 Å². The molecule has 0 saturated heterocycles. The predicted molar refractivity (Wildman–Crippen MR) is 189 cm³/mol. The van der Waals surface area contributed by atoms with Gasteiger partial charge in [0, 0.05) is 16.7 Å². The molecule has 0 atom stereocenters. The molecule has 4 aromatic rings. The molecule has 0 saturated carbocycles. The van der Waals surface area contributed by atoms with Gasteiger partial charge in [0.15, 0.2) is 0 Å². The Kier molecular flexibility index (Phi) is 11.9. The summed E-state index contributed by atoms with van der Waals surface area (Å²) in [6, 6.07) is 21.7. The van der Waals surface area contributed by atoms with Crippen LogP contribution in [0.1, 0.15) is 33.4 Å². The zero-order valence-corrected chi connectivity index (χ0v) is 31.1. The first-order valence-electron chi connectivity index (χ1n) is 18.1. The highest BCUT2D eigenvalue weighted by Crippen LogP contribution is 2.54. The van der Waals surface area contributed by atoms with E-state index in [4.69, 9.17) is 28.4 Å². The molecule has 4 aromatic carbocycles. The Morgan fingerprint density at radius 3 is 0.867 bits per heavy atom. The fourth-order valence-electron chi connectivity index (χ4n) is 6.05. The van der Waals surface area contributed by atoms with Gasteiger partial charge in [0.2, 0.25) is 0 Å². The predicted octanol–water partition coefficient (Wildman–Crippen LogP) is 10.0. The highest BCUT2D eigenvalue weighted by molar-refractivity contribution is 5.39. The topological polar surface area (TPSA) is 130 Å². The van der Waals surface area contributed by atoms with Crippen LogP contribution in [0.3, 0.4) is 0 Å². The standard InChI is InChI=1S/C39H33F9N6O6/c40-37(41,42)34(49-50-34)28-4-1-7-31(19-28)58-13-10-55-22-25-16-26(23-56-11-14-59-32-8-2-5-29(20-32)35(51-52-35)38(43,44)45)18-27(17-25)24-57-12-15-60-33-9-3-6-30(21-33)36(53-54-36)39(46,47)48/h1-9,16-21H,10-15,22-24H2. The summed E-state index contributed by atoms with van der Waals surface area (Å²) in [5, 5.41) is 19.2. The van der Waals surface area contributed by atoms with Crippen LogP contribution < -0.4 is 14.2 Å². The molecule has 0 N–H and O–H groups in total. The molecule has 318 valence electrons. The van der Waals surface area contributed by atoms with E-state index in [1.165, 1.54) is 72.8 Å². The summed E-state index contributed by atoms with van der Waals surface area (Å²) in [4.78, 5) is 0.